The molecule has 0 fully saturated rings. The van der Waals surface area contributed by atoms with Gasteiger partial charge in [0.1, 0.15) is 0 Å². The second-order valence-corrected chi connectivity index (χ2v) is 5.30. The highest BCUT2D eigenvalue weighted by molar-refractivity contribution is 6.10. The van der Waals surface area contributed by atoms with Crippen molar-refractivity contribution in [3.63, 3.8) is 0 Å². The first kappa shape index (κ1) is 12.3. The molecule has 3 nitrogen and oxygen atoms in total. The fraction of sp³-hybridized carbons (Fsp3) is 0.500. The first-order valence-corrected chi connectivity index (χ1v) is 5.75. The minimum atomic E-state index is -1.46. The first-order chi connectivity index (χ1) is 7.69. The van der Waals surface area contributed by atoms with Crippen molar-refractivity contribution in [3.05, 3.63) is 34.4 Å². The van der Waals surface area contributed by atoms with Gasteiger partial charge in [0.15, 0.2) is 5.78 Å². The molecule has 0 spiro atoms. The molecule has 3 heteroatoms. The summed E-state index contributed by atoms with van der Waals surface area (Å²) in [7, 11) is 0. The second-order valence-electron chi connectivity index (χ2n) is 5.30. The monoisotopic (exact) mass is 234 g/mol. The first-order valence-electron chi connectivity index (χ1n) is 5.75. The molecule has 1 aliphatic heterocycles. The fourth-order valence-corrected chi connectivity index (χ4v) is 2.35. The highest BCUT2D eigenvalue weighted by Gasteiger charge is 2.46. The standard InChI is InChI=1S/C14H18O3/c1-8-10(3)14(16)11(9(2)12(8)15)6-7-13(4,5)17-14/h6-7,16H,1-5H3. The SMILES string of the molecule is CC1=C(C)C2(O)OC(C)(C)C=CC2=C(C)C1=O. The lowest BCUT2D eigenvalue weighted by Crippen LogP contribution is -2.48. The van der Waals surface area contributed by atoms with Crippen LogP contribution in [0, 0.1) is 0 Å². The molecule has 0 aromatic rings. The Bertz CT molecular complexity index is 492. The van der Waals surface area contributed by atoms with Crippen LogP contribution in [0.25, 0.3) is 0 Å². The summed E-state index contributed by atoms with van der Waals surface area (Å²) in [6.07, 6.45) is 3.66. The summed E-state index contributed by atoms with van der Waals surface area (Å²) in [5, 5.41) is 10.7. The average molecular weight is 234 g/mol. The van der Waals surface area contributed by atoms with Crippen LogP contribution in [0.3, 0.4) is 0 Å². The van der Waals surface area contributed by atoms with E-state index in [1.165, 1.54) is 0 Å². The van der Waals surface area contributed by atoms with Crippen molar-refractivity contribution in [2.45, 2.75) is 46.0 Å². The zero-order chi connectivity index (χ0) is 13.0. The molecule has 0 bridgehead atoms. The van der Waals surface area contributed by atoms with Crippen LogP contribution in [0.1, 0.15) is 34.6 Å². The summed E-state index contributed by atoms with van der Waals surface area (Å²) < 4.78 is 5.77. The molecular weight excluding hydrogens is 216 g/mol. The van der Waals surface area contributed by atoms with Crippen LogP contribution in [0.5, 0.6) is 0 Å². The van der Waals surface area contributed by atoms with E-state index in [9.17, 15) is 9.90 Å². The van der Waals surface area contributed by atoms with Gasteiger partial charge in [-0.1, -0.05) is 12.2 Å². The van der Waals surface area contributed by atoms with Gasteiger partial charge >= 0.3 is 0 Å². The molecule has 2 aliphatic rings. The van der Waals surface area contributed by atoms with Gasteiger partial charge in [-0.15, -0.1) is 0 Å². The summed E-state index contributed by atoms with van der Waals surface area (Å²) in [5.74, 6) is -1.48. The summed E-state index contributed by atoms with van der Waals surface area (Å²) in [4.78, 5) is 12.0. The number of ketones is 1. The number of hydrogen-bond acceptors (Lipinski definition) is 3. The molecule has 1 unspecified atom stereocenters. The van der Waals surface area contributed by atoms with Crippen molar-refractivity contribution in [2.24, 2.45) is 0 Å². The number of ether oxygens (including phenoxy) is 1. The molecule has 1 heterocycles. The molecule has 1 atom stereocenters. The number of hydrogen-bond donors (Lipinski definition) is 1. The Morgan fingerprint density at radius 2 is 1.76 bits per heavy atom. The topological polar surface area (TPSA) is 46.5 Å². The van der Waals surface area contributed by atoms with E-state index in [1.807, 2.05) is 19.9 Å². The lowest BCUT2D eigenvalue weighted by atomic mass is 9.79. The Morgan fingerprint density at radius 3 is 2.35 bits per heavy atom. The zero-order valence-corrected chi connectivity index (χ0v) is 10.9. The maximum atomic E-state index is 12.0. The third-order valence-corrected chi connectivity index (χ3v) is 3.58. The number of carbonyl (C=O) groups is 1. The fourth-order valence-electron chi connectivity index (χ4n) is 2.35. The van der Waals surface area contributed by atoms with Crippen LogP contribution in [-0.2, 0) is 9.53 Å². The largest absolute Gasteiger partial charge is 0.358 e. The number of carbonyl (C=O) groups excluding carboxylic acids is 1. The Hall–Kier alpha value is -1.19. The molecule has 2 rings (SSSR count). The highest BCUT2D eigenvalue weighted by atomic mass is 16.6. The van der Waals surface area contributed by atoms with Crippen molar-refractivity contribution < 1.29 is 14.6 Å². The van der Waals surface area contributed by atoms with Gasteiger partial charge in [0.05, 0.1) is 5.60 Å². The third kappa shape index (κ3) is 1.61. The molecule has 92 valence electrons. The van der Waals surface area contributed by atoms with Gasteiger partial charge < -0.3 is 9.84 Å². The van der Waals surface area contributed by atoms with Crippen LogP contribution < -0.4 is 0 Å². The summed E-state index contributed by atoms with van der Waals surface area (Å²) in [6, 6.07) is 0. The van der Waals surface area contributed by atoms with Gasteiger partial charge in [-0.05, 0) is 40.2 Å². The molecule has 1 aliphatic carbocycles. The van der Waals surface area contributed by atoms with E-state index in [2.05, 4.69) is 0 Å². The van der Waals surface area contributed by atoms with Crippen LogP contribution in [0.4, 0.5) is 0 Å². The Balaban J connectivity index is 2.69. The lowest BCUT2D eigenvalue weighted by Gasteiger charge is -2.43. The van der Waals surface area contributed by atoms with E-state index >= 15 is 0 Å². The van der Waals surface area contributed by atoms with Crippen LogP contribution in [0.2, 0.25) is 0 Å². The Morgan fingerprint density at radius 1 is 1.18 bits per heavy atom. The van der Waals surface area contributed by atoms with Crippen molar-refractivity contribution in [3.8, 4) is 0 Å². The maximum absolute atomic E-state index is 12.0. The van der Waals surface area contributed by atoms with E-state index in [4.69, 9.17) is 4.74 Å². The maximum Gasteiger partial charge on any atom is 0.217 e. The molecule has 0 amide bonds. The number of rotatable bonds is 0. The molecule has 0 aromatic carbocycles. The molecule has 0 radical (unpaired) electrons. The van der Waals surface area contributed by atoms with Gasteiger partial charge in [-0.25, -0.2) is 0 Å². The van der Waals surface area contributed by atoms with Gasteiger partial charge in [0.2, 0.25) is 5.79 Å². The average Bonchev–Trinajstić information content (AvgIpc) is 2.22. The van der Waals surface area contributed by atoms with Gasteiger partial charge in [-0.3, -0.25) is 4.79 Å². The molecule has 0 saturated heterocycles. The smallest absolute Gasteiger partial charge is 0.217 e. The molecule has 0 saturated carbocycles. The van der Waals surface area contributed by atoms with E-state index in [1.54, 1.807) is 26.8 Å². The van der Waals surface area contributed by atoms with Crippen molar-refractivity contribution in [1.29, 1.82) is 0 Å². The Labute approximate surface area is 101 Å². The predicted molar refractivity (Wildman–Crippen MR) is 65.3 cm³/mol. The second kappa shape index (κ2) is 3.40. The molecule has 0 aromatic heterocycles. The number of allylic oxidation sites excluding steroid dienone is 2. The van der Waals surface area contributed by atoms with Gasteiger partial charge in [-0.2, -0.15) is 0 Å². The quantitative estimate of drug-likeness (QED) is 0.699. The minimum absolute atomic E-state index is 0.0184. The van der Waals surface area contributed by atoms with Crippen molar-refractivity contribution >= 4 is 5.78 Å². The van der Waals surface area contributed by atoms with E-state index < -0.39 is 11.4 Å². The Kier molecular flexibility index (Phi) is 2.46. The van der Waals surface area contributed by atoms with Crippen molar-refractivity contribution in [1.82, 2.24) is 0 Å². The zero-order valence-electron chi connectivity index (χ0n) is 10.9. The van der Waals surface area contributed by atoms with Crippen LogP contribution >= 0.6 is 0 Å². The summed E-state index contributed by atoms with van der Waals surface area (Å²) in [6.45, 7) is 8.96. The minimum Gasteiger partial charge on any atom is -0.358 e. The summed E-state index contributed by atoms with van der Waals surface area (Å²) >= 11 is 0. The van der Waals surface area contributed by atoms with Gasteiger partial charge in [0.25, 0.3) is 0 Å². The highest BCUT2D eigenvalue weighted by Crippen LogP contribution is 2.43. The third-order valence-electron chi connectivity index (χ3n) is 3.58. The number of aliphatic hydroxyl groups is 1. The number of fused-ring (bicyclic) bond motifs is 1. The van der Waals surface area contributed by atoms with Crippen LogP contribution in [-0.4, -0.2) is 22.3 Å². The van der Waals surface area contributed by atoms with E-state index in [0.717, 1.165) is 0 Å². The van der Waals surface area contributed by atoms with Crippen molar-refractivity contribution in [2.75, 3.05) is 0 Å². The normalized spacial score (nSPS) is 32.0. The van der Waals surface area contributed by atoms with Crippen LogP contribution in [0.15, 0.2) is 34.4 Å². The molecule has 1 N–H and O–H groups in total. The predicted octanol–water partition coefficient (Wildman–Crippen LogP) is 2.28. The molecular formula is C14H18O3. The lowest BCUT2D eigenvalue weighted by molar-refractivity contribution is -0.200. The van der Waals surface area contributed by atoms with E-state index in [0.29, 0.717) is 22.3 Å². The summed E-state index contributed by atoms with van der Waals surface area (Å²) in [5.41, 5.74) is 1.73. The number of Topliss-reactive ketones (excluding diaryl/α,β-unsaturated/α-hetero) is 1. The molecule has 17 heavy (non-hydrogen) atoms. The van der Waals surface area contributed by atoms with Gasteiger partial charge in [0, 0.05) is 16.7 Å². The van der Waals surface area contributed by atoms with E-state index in [-0.39, 0.29) is 5.78 Å².